The van der Waals surface area contributed by atoms with Gasteiger partial charge in [0.05, 0.1) is 16.2 Å². The number of hydrogen-bond acceptors (Lipinski definition) is 4. The zero-order valence-electron chi connectivity index (χ0n) is 18.8. The molecule has 1 unspecified atom stereocenters. The summed E-state index contributed by atoms with van der Waals surface area (Å²) in [5.41, 5.74) is 3.42. The van der Waals surface area contributed by atoms with E-state index in [2.05, 4.69) is 10.3 Å². The first-order chi connectivity index (χ1) is 16.9. The molecular formula is C27H21ClFN3O3. The lowest BCUT2D eigenvalue weighted by molar-refractivity contribution is -0.125. The van der Waals surface area contributed by atoms with Gasteiger partial charge in [-0.3, -0.25) is 14.6 Å². The van der Waals surface area contributed by atoms with Crippen LogP contribution in [0.3, 0.4) is 0 Å². The molecule has 0 radical (unpaired) electrons. The molecule has 4 aromatic rings. The second-order valence-electron chi connectivity index (χ2n) is 8.36. The van der Waals surface area contributed by atoms with Crippen LogP contribution in [0.25, 0.3) is 10.9 Å². The van der Waals surface area contributed by atoms with E-state index in [-0.39, 0.29) is 23.3 Å². The van der Waals surface area contributed by atoms with E-state index in [4.69, 9.17) is 16.3 Å². The average molecular weight is 490 g/mol. The molecule has 8 heteroatoms. The first-order valence-electron chi connectivity index (χ1n) is 11.0. The summed E-state index contributed by atoms with van der Waals surface area (Å²) < 4.78 is 19.5. The molecule has 1 N–H and O–H groups in total. The lowest BCUT2D eigenvalue weighted by Gasteiger charge is -2.32. The second kappa shape index (κ2) is 9.35. The third-order valence-corrected chi connectivity index (χ3v) is 6.25. The maximum atomic E-state index is 13.5. The number of para-hydroxylation sites is 1. The van der Waals surface area contributed by atoms with Gasteiger partial charge in [-0.15, -0.1) is 0 Å². The van der Waals surface area contributed by atoms with Crippen LogP contribution in [0.2, 0.25) is 5.02 Å². The minimum Gasteiger partial charge on any atom is -0.478 e. The van der Waals surface area contributed by atoms with Crippen LogP contribution >= 0.6 is 11.6 Å². The predicted molar refractivity (Wildman–Crippen MR) is 132 cm³/mol. The highest BCUT2D eigenvalue weighted by Gasteiger charge is 2.33. The molecule has 0 saturated heterocycles. The largest absolute Gasteiger partial charge is 0.478 e. The number of nitrogens with zero attached hydrogens (tertiary/aromatic N) is 2. The summed E-state index contributed by atoms with van der Waals surface area (Å²) in [6.45, 7) is 0.320. The van der Waals surface area contributed by atoms with Gasteiger partial charge in [0.15, 0.2) is 6.10 Å². The molecule has 0 aliphatic carbocycles. The van der Waals surface area contributed by atoms with Crippen molar-refractivity contribution in [2.75, 3.05) is 11.9 Å². The molecular weight excluding hydrogens is 469 g/mol. The van der Waals surface area contributed by atoms with E-state index < -0.39 is 11.9 Å². The number of anilines is 1. The Kier molecular flexibility index (Phi) is 6.09. The number of rotatable bonds is 5. The molecule has 35 heavy (non-hydrogen) atoms. The monoisotopic (exact) mass is 489 g/mol. The van der Waals surface area contributed by atoms with Crippen molar-refractivity contribution in [2.45, 2.75) is 19.1 Å². The van der Waals surface area contributed by atoms with Crippen LogP contribution in [0.4, 0.5) is 10.1 Å². The summed E-state index contributed by atoms with van der Waals surface area (Å²) in [4.78, 5) is 31.6. The Hall–Kier alpha value is -3.97. The molecule has 1 aliphatic rings. The Bertz CT molecular complexity index is 1460. The average Bonchev–Trinajstić information content (AvgIpc) is 2.87. The number of amides is 2. The molecule has 5 rings (SSSR count). The zero-order valence-corrected chi connectivity index (χ0v) is 19.6. The Morgan fingerprint density at radius 2 is 1.94 bits per heavy atom. The van der Waals surface area contributed by atoms with Crippen LogP contribution in [0, 0.1) is 5.82 Å². The Balaban J connectivity index is 1.31. The number of nitrogens with one attached hydrogen (secondary N) is 1. The fourth-order valence-electron chi connectivity index (χ4n) is 4.07. The van der Waals surface area contributed by atoms with Crippen molar-refractivity contribution in [3.05, 3.63) is 100 Å². The van der Waals surface area contributed by atoms with Gasteiger partial charge in [0.2, 0.25) is 0 Å². The minimum absolute atomic E-state index is 0.0138. The predicted octanol–water partition coefficient (Wildman–Crippen LogP) is 4.92. The lowest BCUT2D eigenvalue weighted by atomic mass is 10.0. The number of carbonyl (C=O) groups excluding carboxylic acids is 2. The number of hydrogen-bond donors (Lipinski definition) is 1. The van der Waals surface area contributed by atoms with Crippen molar-refractivity contribution < 1.29 is 18.7 Å². The van der Waals surface area contributed by atoms with Crippen LogP contribution in [-0.2, 0) is 17.8 Å². The fraction of sp³-hybridized carbons (Fsp3) is 0.148. The van der Waals surface area contributed by atoms with Crippen LogP contribution in [0.15, 0.2) is 72.9 Å². The third-order valence-electron chi connectivity index (χ3n) is 5.96. The normalized spacial score (nSPS) is 15.0. The van der Waals surface area contributed by atoms with Gasteiger partial charge in [0.1, 0.15) is 11.6 Å². The number of pyridine rings is 1. The van der Waals surface area contributed by atoms with E-state index in [0.29, 0.717) is 29.1 Å². The minimum atomic E-state index is -0.823. The van der Waals surface area contributed by atoms with E-state index in [9.17, 15) is 14.0 Å². The van der Waals surface area contributed by atoms with Gasteiger partial charge < -0.3 is 15.0 Å². The van der Waals surface area contributed by atoms with E-state index in [0.717, 1.165) is 16.5 Å². The van der Waals surface area contributed by atoms with Crippen molar-refractivity contribution >= 4 is 40.0 Å². The molecule has 0 fully saturated rings. The first kappa shape index (κ1) is 22.8. The summed E-state index contributed by atoms with van der Waals surface area (Å²) >= 11 is 5.88. The van der Waals surface area contributed by atoms with Crippen molar-refractivity contribution in [3.8, 4) is 5.75 Å². The quantitative estimate of drug-likeness (QED) is 0.432. The number of halogens is 2. The molecule has 6 nitrogen and oxygen atoms in total. The zero-order chi connectivity index (χ0) is 24.5. The van der Waals surface area contributed by atoms with Crippen molar-refractivity contribution in [2.24, 2.45) is 0 Å². The molecule has 0 saturated carbocycles. The second-order valence-corrected chi connectivity index (χ2v) is 8.76. The lowest BCUT2D eigenvalue weighted by Crippen LogP contribution is -2.45. The van der Waals surface area contributed by atoms with Gasteiger partial charge in [-0.05, 0) is 53.6 Å². The number of fused-ring (bicyclic) bond motifs is 2. The van der Waals surface area contributed by atoms with Gasteiger partial charge in [-0.1, -0.05) is 35.9 Å². The molecule has 176 valence electrons. The van der Waals surface area contributed by atoms with E-state index in [1.54, 1.807) is 37.5 Å². The number of carbonyl (C=O) groups is 2. The number of likely N-dealkylation sites (N-methyl/N-ethyl adjacent to an activating group) is 1. The van der Waals surface area contributed by atoms with E-state index >= 15 is 0 Å². The Morgan fingerprint density at radius 3 is 2.77 bits per heavy atom. The van der Waals surface area contributed by atoms with Crippen molar-refractivity contribution in [1.82, 2.24) is 10.3 Å². The molecule has 2 amide bonds. The van der Waals surface area contributed by atoms with Crippen LogP contribution < -0.4 is 15.0 Å². The summed E-state index contributed by atoms with van der Waals surface area (Å²) in [6.07, 6.45) is 1.13. The number of aromatic nitrogens is 1. The summed E-state index contributed by atoms with van der Waals surface area (Å²) in [7, 11) is 1.65. The standard InChI is InChI=1S/C27H21ClFN3O3/c1-32-23-9-7-19(26(33)31-15-17-10-18-4-2-3-5-22(18)30-14-17)13-24(23)35-25(27(32)34)12-16-6-8-21(29)20(28)11-16/h2-11,13-14,25H,12,15H2,1H3,(H,31,33). The van der Waals surface area contributed by atoms with E-state index in [1.165, 1.54) is 17.0 Å². The maximum absolute atomic E-state index is 13.5. The van der Waals surface area contributed by atoms with Gasteiger partial charge >= 0.3 is 0 Å². The summed E-state index contributed by atoms with van der Waals surface area (Å²) in [5, 5.41) is 3.89. The highest BCUT2D eigenvalue weighted by atomic mass is 35.5. The molecule has 3 aromatic carbocycles. The molecule has 0 spiro atoms. The van der Waals surface area contributed by atoms with Gasteiger partial charge in [-0.25, -0.2) is 4.39 Å². The fourth-order valence-corrected chi connectivity index (χ4v) is 4.28. The highest BCUT2D eigenvalue weighted by molar-refractivity contribution is 6.30. The summed E-state index contributed by atoms with van der Waals surface area (Å²) in [5.74, 6) is -0.612. The van der Waals surface area contributed by atoms with Crippen LogP contribution in [-0.4, -0.2) is 29.9 Å². The Labute approximate surface area is 206 Å². The van der Waals surface area contributed by atoms with Crippen LogP contribution in [0.5, 0.6) is 5.75 Å². The SMILES string of the molecule is CN1C(=O)C(Cc2ccc(F)c(Cl)c2)Oc2cc(C(=O)NCc3cnc4ccccc4c3)ccc21. The van der Waals surface area contributed by atoms with Gasteiger partial charge in [-0.2, -0.15) is 0 Å². The summed E-state index contributed by atoms with van der Waals surface area (Å²) in [6, 6.07) is 19.0. The molecule has 1 aromatic heterocycles. The molecule has 1 atom stereocenters. The third kappa shape index (κ3) is 4.68. The number of benzene rings is 3. The molecule has 0 bridgehead atoms. The van der Waals surface area contributed by atoms with E-state index in [1.807, 2.05) is 30.3 Å². The molecule has 1 aliphatic heterocycles. The molecule has 2 heterocycles. The topological polar surface area (TPSA) is 71.5 Å². The smallest absolute Gasteiger partial charge is 0.268 e. The van der Waals surface area contributed by atoms with Crippen molar-refractivity contribution in [1.29, 1.82) is 0 Å². The van der Waals surface area contributed by atoms with Gasteiger partial charge in [0, 0.05) is 37.2 Å². The van der Waals surface area contributed by atoms with Crippen molar-refractivity contribution in [3.63, 3.8) is 0 Å². The first-order valence-corrected chi connectivity index (χ1v) is 11.4. The maximum Gasteiger partial charge on any atom is 0.268 e. The highest BCUT2D eigenvalue weighted by Crippen LogP contribution is 2.35. The Morgan fingerprint density at radius 1 is 1.11 bits per heavy atom. The van der Waals surface area contributed by atoms with Crippen LogP contribution in [0.1, 0.15) is 21.5 Å². The number of ether oxygens (including phenoxy) is 1. The van der Waals surface area contributed by atoms with Gasteiger partial charge in [0.25, 0.3) is 11.8 Å².